The van der Waals surface area contributed by atoms with Gasteiger partial charge in [-0.1, -0.05) is 6.92 Å². The Kier molecular flexibility index (Phi) is 5.36. The molecule has 0 aliphatic rings. The maximum Gasteiger partial charge on any atom is 0.223 e. The Bertz CT molecular complexity index is 515. The third-order valence-electron chi connectivity index (χ3n) is 3.38. The topological polar surface area (TPSA) is 65.7 Å². The van der Waals surface area contributed by atoms with Crippen molar-refractivity contribution in [1.29, 1.82) is 0 Å². The van der Waals surface area contributed by atoms with Gasteiger partial charge in [-0.2, -0.15) is 0 Å². The minimum Gasteiger partial charge on any atom is -0.503 e. The van der Waals surface area contributed by atoms with Gasteiger partial charge in [0.2, 0.25) is 5.43 Å². The van der Waals surface area contributed by atoms with Gasteiger partial charge in [0.1, 0.15) is 0 Å². The number of aromatic nitrogens is 1. The zero-order chi connectivity index (χ0) is 15.5. The Hall–Kier alpha value is -1.33. The first-order valence-corrected chi connectivity index (χ1v) is 7.00. The predicted octanol–water partition coefficient (Wildman–Crippen LogP) is 1.43. The number of aromatic hydroxyl groups is 1. The van der Waals surface area contributed by atoms with Crippen LogP contribution in [0.3, 0.4) is 0 Å². The summed E-state index contributed by atoms with van der Waals surface area (Å²) in [4.78, 5) is 13.8. The van der Waals surface area contributed by atoms with E-state index in [1.165, 1.54) is 6.07 Å². The summed E-state index contributed by atoms with van der Waals surface area (Å²) in [6.45, 7) is 11.7. The van der Waals surface area contributed by atoms with Gasteiger partial charge in [0.25, 0.3) is 0 Å². The molecule has 1 aromatic heterocycles. The Morgan fingerprint density at radius 1 is 1.35 bits per heavy atom. The van der Waals surface area contributed by atoms with E-state index >= 15 is 0 Å². The molecule has 1 rings (SSSR count). The van der Waals surface area contributed by atoms with Crippen molar-refractivity contribution in [3.8, 4) is 5.75 Å². The summed E-state index contributed by atoms with van der Waals surface area (Å²) in [5.74, 6) is -0.193. The highest BCUT2D eigenvalue weighted by Gasteiger charge is 2.23. The van der Waals surface area contributed by atoms with Crippen molar-refractivity contribution in [2.45, 2.75) is 46.7 Å². The van der Waals surface area contributed by atoms with Crippen molar-refractivity contribution >= 4 is 0 Å². The van der Waals surface area contributed by atoms with Crippen LogP contribution in [0.1, 0.15) is 39.1 Å². The van der Waals surface area contributed by atoms with Gasteiger partial charge in [-0.15, -0.1) is 0 Å². The van der Waals surface area contributed by atoms with Gasteiger partial charge in [-0.05, 0) is 34.2 Å². The summed E-state index contributed by atoms with van der Waals surface area (Å²) >= 11 is 0. The SMILES string of the molecule is CCN(CCO)Cc1c(O)c(=O)cc(C)n1C(C)(C)C. The van der Waals surface area contributed by atoms with Crippen LogP contribution in [0, 0.1) is 6.92 Å². The van der Waals surface area contributed by atoms with Crippen LogP contribution in [0.5, 0.6) is 5.75 Å². The smallest absolute Gasteiger partial charge is 0.223 e. The summed E-state index contributed by atoms with van der Waals surface area (Å²) in [5.41, 5.74) is 0.856. The second-order valence-electron chi connectivity index (χ2n) is 6.04. The monoisotopic (exact) mass is 282 g/mol. The van der Waals surface area contributed by atoms with Crippen molar-refractivity contribution < 1.29 is 10.2 Å². The molecule has 2 N–H and O–H groups in total. The Morgan fingerprint density at radius 2 is 1.95 bits per heavy atom. The van der Waals surface area contributed by atoms with Gasteiger partial charge in [0.05, 0.1) is 12.3 Å². The van der Waals surface area contributed by atoms with Gasteiger partial charge in [0.15, 0.2) is 5.75 Å². The molecule has 0 unspecified atom stereocenters. The quantitative estimate of drug-likeness (QED) is 0.857. The maximum atomic E-state index is 11.8. The van der Waals surface area contributed by atoms with Crippen molar-refractivity contribution in [2.24, 2.45) is 0 Å². The third-order valence-corrected chi connectivity index (χ3v) is 3.38. The third kappa shape index (κ3) is 3.61. The Morgan fingerprint density at radius 3 is 2.40 bits per heavy atom. The highest BCUT2D eigenvalue weighted by atomic mass is 16.3. The van der Waals surface area contributed by atoms with Crippen LogP contribution < -0.4 is 5.43 Å². The lowest BCUT2D eigenvalue weighted by atomic mass is 10.1. The number of hydrogen-bond acceptors (Lipinski definition) is 4. The lowest BCUT2D eigenvalue weighted by molar-refractivity contribution is 0.188. The van der Waals surface area contributed by atoms with Gasteiger partial charge >= 0.3 is 0 Å². The van der Waals surface area contributed by atoms with Crippen molar-refractivity contribution in [1.82, 2.24) is 9.47 Å². The standard InChI is InChI=1S/C15H26N2O3/c1-6-16(7-8-18)10-12-14(20)13(19)9-11(2)17(12)15(3,4)5/h9,18,20H,6-8,10H2,1-5H3. The molecule has 0 bridgehead atoms. The molecule has 0 spiro atoms. The summed E-state index contributed by atoms with van der Waals surface area (Å²) in [6, 6.07) is 1.46. The van der Waals surface area contributed by atoms with Crippen LogP contribution in [0.25, 0.3) is 0 Å². The molecule has 114 valence electrons. The summed E-state index contributed by atoms with van der Waals surface area (Å²) in [5, 5.41) is 19.2. The van der Waals surface area contributed by atoms with Crippen LogP contribution in [-0.2, 0) is 12.1 Å². The van der Waals surface area contributed by atoms with E-state index in [9.17, 15) is 9.90 Å². The molecule has 0 saturated heterocycles. The van der Waals surface area contributed by atoms with Crippen molar-refractivity contribution in [3.63, 3.8) is 0 Å². The number of aliphatic hydroxyl groups is 1. The molecule has 20 heavy (non-hydrogen) atoms. The number of aryl methyl sites for hydroxylation is 1. The summed E-state index contributed by atoms with van der Waals surface area (Å²) in [7, 11) is 0. The second kappa shape index (κ2) is 6.41. The Balaban J connectivity index is 3.38. The molecular formula is C15H26N2O3. The fraction of sp³-hybridized carbons (Fsp3) is 0.667. The molecule has 0 aromatic carbocycles. The van der Waals surface area contributed by atoms with E-state index in [0.29, 0.717) is 18.8 Å². The first kappa shape index (κ1) is 16.7. The fourth-order valence-corrected chi connectivity index (χ4v) is 2.57. The van der Waals surface area contributed by atoms with E-state index in [1.807, 2.05) is 44.1 Å². The number of pyridine rings is 1. The molecule has 0 amide bonds. The molecule has 0 saturated carbocycles. The number of aliphatic hydroxyl groups excluding tert-OH is 1. The lowest BCUT2D eigenvalue weighted by Crippen LogP contribution is -2.34. The van der Waals surface area contributed by atoms with Gasteiger partial charge in [0, 0.05) is 30.4 Å². The minimum atomic E-state index is -0.349. The zero-order valence-corrected chi connectivity index (χ0v) is 13.1. The van der Waals surface area contributed by atoms with Crippen LogP contribution in [0.2, 0.25) is 0 Å². The lowest BCUT2D eigenvalue weighted by Gasteiger charge is -2.32. The van der Waals surface area contributed by atoms with Crippen molar-refractivity contribution in [3.05, 3.63) is 27.7 Å². The molecule has 5 heteroatoms. The first-order chi connectivity index (χ1) is 9.22. The number of rotatable bonds is 5. The van der Waals surface area contributed by atoms with Gasteiger partial charge in [-0.3, -0.25) is 9.69 Å². The molecule has 0 radical (unpaired) electrons. The predicted molar refractivity (Wildman–Crippen MR) is 80.1 cm³/mol. The average molecular weight is 282 g/mol. The molecule has 1 heterocycles. The molecule has 0 aliphatic heterocycles. The van der Waals surface area contributed by atoms with Crippen LogP contribution in [-0.4, -0.2) is 39.4 Å². The number of hydrogen-bond donors (Lipinski definition) is 2. The molecule has 1 aromatic rings. The second-order valence-corrected chi connectivity index (χ2v) is 6.04. The van der Waals surface area contributed by atoms with E-state index in [0.717, 1.165) is 12.2 Å². The van der Waals surface area contributed by atoms with Gasteiger partial charge in [-0.25, -0.2) is 0 Å². The summed E-state index contributed by atoms with van der Waals surface area (Å²) < 4.78 is 1.99. The minimum absolute atomic E-state index is 0.0557. The first-order valence-electron chi connectivity index (χ1n) is 7.00. The fourth-order valence-electron chi connectivity index (χ4n) is 2.57. The van der Waals surface area contributed by atoms with E-state index < -0.39 is 0 Å². The molecule has 5 nitrogen and oxygen atoms in total. The van der Waals surface area contributed by atoms with E-state index in [-0.39, 0.29) is 23.3 Å². The van der Waals surface area contributed by atoms with E-state index in [1.54, 1.807) is 0 Å². The maximum absolute atomic E-state index is 11.8. The molecule has 0 atom stereocenters. The normalized spacial score (nSPS) is 12.2. The summed E-state index contributed by atoms with van der Waals surface area (Å²) in [6.07, 6.45) is 0. The highest BCUT2D eigenvalue weighted by Crippen LogP contribution is 2.25. The zero-order valence-electron chi connectivity index (χ0n) is 13.1. The van der Waals surface area contributed by atoms with Crippen LogP contribution >= 0.6 is 0 Å². The highest BCUT2D eigenvalue weighted by molar-refractivity contribution is 5.31. The van der Waals surface area contributed by atoms with Gasteiger partial charge < -0.3 is 14.8 Å². The molecule has 0 aliphatic carbocycles. The Labute approximate surface area is 120 Å². The number of likely N-dealkylation sites (N-methyl/N-ethyl adjacent to an activating group) is 1. The number of nitrogens with zero attached hydrogens (tertiary/aromatic N) is 2. The average Bonchev–Trinajstić information content (AvgIpc) is 2.32. The molecule has 0 fully saturated rings. The van der Waals surface area contributed by atoms with Crippen molar-refractivity contribution in [2.75, 3.05) is 19.7 Å². The van der Waals surface area contributed by atoms with E-state index in [4.69, 9.17) is 5.11 Å². The van der Waals surface area contributed by atoms with Crippen LogP contribution in [0.4, 0.5) is 0 Å². The van der Waals surface area contributed by atoms with Crippen LogP contribution in [0.15, 0.2) is 10.9 Å². The largest absolute Gasteiger partial charge is 0.503 e. The molecular weight excluding hydrogens is 256 g/mol. The van der Waals surface area contributed by atoms with E-state index in [2.05, 4.69) is 0 Å².